The number of nitrogens with zero attached hydrogens (tertiary/aromatic N) is 2. The Kier molecular flexibility index (Phi) is 6.59. The molecule has 7 heteroatoms. The highest BCUT2D eigenvalue weighted by molar-refractivity contribution is 5.83. The van der Waals surface area contributed by atoms with Crippen molar-refractivity contribution >= 4 is 5.91 Å². The molecule has 1 N–H and O–H groups in total. The summed E-state index contributed by atoms with van der Waals surface area (Å²) in [6.07, 6.45) is 1.76. The summed E-state index contributed by atoms with van der Waals surface area (Å²) in [5.74, 6) is 2.09. The van der Waals surface area contributed by atoms with Crippen LogP contribution in [0.25, 0.3) is 11.3 Å². The second-order valence-corrected chi connectivity index (χ2v) is 7.37. The first kappa shape index (κ1) is 20.9. The molecule has 7 nitrogen and oxygen atoms in total. The minimum Gasteiger partial charge on any atom is -0.493 e. The lowest BCUT2D eigenvalue weighted by Gasteiger charge is -2.35. The topological polar surface area (TPSA) is 72.9 Å². The lowest BCUT2D eigenvalue weighted by atomic mass is 10.0. The van der Waals surface area contributed by atoms with E-state index < -0.39 is 0 Å². The van der Waals surface area contributed by atoms with Gasteiger partial charge in [-0.05, 0) is 35.7 Å². The fourth-order valence-corrected chi connectivity index (χ4v) is 3.67. The number of hydrogen-bond acceptors (Lipinski definition) is 6. The smallest absolute Gasteiger partial charge is 0.240 e. The highest BCUT2D eigenvalue weighted by Crippen LogP contribution is 2.43. The van der Waals surface area contributed by atoms with Crippen molar-refractivity contribution in [1.82, 2.24) is 15.2 Å². The molecule has 0 radical (unpaired) electrons. The lowest BCUT2D eigenvalue weighted by Crippen LogP contribution is -2.56. The number of carbonyl (C=O) groups is 1. The maximum atomic E-state index is 12.8. The molecule has 0 unspecified atom stereocenters. The van der Waals surface area contributed by atoms with Gasteiger partial charge >= 0.3 is 0 Å². The van der Waals surface area contributed by atoms with Gasteiger partial charge in [-0.1, -0.05) is 13.8 Å². The number of methoxy groups -OCH3 is 3. The Hall–Kier alpha value is -2.80. The summed E-state index contributed by atoms with van der Waals surface area (Å²) < 4.78 is 16.4. The Morgan fingerprint density at radius 2 is 1.90 bits per heavy atom. The van der Waals surface area contributed by atoms with Gasteiger partial charge in [-0.25, -0.2) is 0 Å². The Morgan fingerprint density at radius 1 is 1.14 bits per heavy atom. The quantitative estimate of drug-likeness (QED) is 0.772. The van der Waals surface area contributed by atoms with Crippen LogP contribution in [0.3, 0.4) is 0 Å². The molecule has 29 heavy (non-hydrogen) atoms. The highest BCUT2D eigenvalue weighted by Gasteiger charge is 2.30. The summed E-state index contributed by atoms with van der Waals surface area (Å²) in [5.41, 5.74) is 2.58. The summed E-state index contributed by atoms with van der Waals surface area (Å²) in [7, 11) is 4.76. The molecule has 0 spiro atoms. The van der Waals surface area contributed by atoms with E-state index >= 15 is 0 Å². The number of pyridine rings is 1. The Morgan fingerprint density at radius 3 is 2.55 bits per heavy atom. The van der Waals surface area contributed by atoms with Crippen LogP contribution in [0, 0.1) is 5.92 Å². The van der Waals surface area contributed by atoms with Crippen LogP contribution in [0.5, 0.6) is 17.2 Å². The van der Waals surface area contributed by atoms with Gasteiger partial charge in [0.1, 0.15) is 0 Å². The maximum Gasteiger partial charge on any atom is 0.240 e. The molecule has 1 aromatic heterocycles. The van der Waals surface area contributed by atoms with Gasteiger partial charge in [0.2, 0.25) is 11.7 Å². The number of rotatable bonds is 7. The molecule has 0 bridgehead atoms. The SMILES string of the molecule is COc1ccc(-c2cc(CN3CCN[C@@H](C(C)C)C3=O)ccn2)c(OC)c1OC. The van der Waals surface area contributed by atoms with E-state index in [0.717, 1.165) is 23.4 Å². The maximum absolute atomic E-state index is 12.8. The van der Waals surface area contributed by atoms with Gasteiger partial charge in [0.25, 0.3) is 0 Å². The van der Waals surface area contributed by atoms with Crippen LogP contribution in [0.1, 0.15) is 19.4 Å². The molecule has 1 aliphatic heterocycles. The van der Waals surface area contributed by atoms with Crippen LogP contribution >= 0.6 is 0 Å². The predicted octanol–water partition coefficient (Wildman–Crippen LogP) is 2.73. The van der Waals surface area contributed by atoms with Gasteiger partial charge in [-0.2, -0.15) is 0 Å². The number of hydrogen-bond donors (Lipinski definition) is 1. The van der Waals surface area contributed by atoms with Gasteiger partial charge in [0.15, 0.2) is 11.5 Å². The fraction of sp³-hybridized carbons (Fsp3) is 0.455. The van der Waals surface area contributed by atoms with E-state index in [4.69, 9.17) is 14.2 Å². The van der Waals surface area contributed by atoms with Crippen molar-refractivity contribution in [2.45, 2.75) is 26.4 Å². The highest BCUT2D eigenvalue weighted by atomic mass is 16.5. The van der Waals surface area contributed by atoms with Crippen molar-refractivity contribution in [2.24, 2.45) is 5.92 Å². The molecule has 0 saturated carbocycles. The van der Waals surface area contributed by atoms with E-state index in [9.17, 15) is 4.79 Å². The molecule has 1 atom stereocenters. The predicted molar refractivity (Wildman–Crippen MR) is 111 cm³/mol. The largest absolute Gasteiger partial charge is 0.493 e. The lowest BCUT2D eigenvalue weighted by molar-refractivity contribution is -0.137. The molecular formula is C22H29N3O4. The molecule has 1 fully saturated rings. The average molecular weight is 399 g/mol. The number of ether oxygens (including phenoxy) is 3. The minimum absolute atomic E-state index is 0.129. The zero-order valence-electron chi connectivity index (χ0n) is 17.7. The van der Waals surface area contributed by atoms with Crippen LogP contribution in [-0.2, 0) is 11.3 Å². The molecule has 3 rings (SSSR count). The number of aromatic nitrogens is 1. The van der Waals surface area contributed by atoms with Gasteiger partial charge in [0.05, 0.1) is 33.1 Å². The van der Waals surface area contributed by atoms with E-state index in [1.165, 1.54) is 0 Å². The summed E-state index contributed by atoms with van der Waals surface area (Å²) in [6, 6.07) is 7.53. The molecule has 1 amide bonds. The first-order valence-electron chi connectivity index (χ1n) is 9.76. The Balaban J connectivity index is 1.90. The zero-order chi connectivity index (χ0) is 21.0. The van der Waals surface area contributed by atoms with E-state index in [2.05, 4.69) is 24.1 Å². The van der Waals surface area contributed by atoms with Gasteiger partial charge < -0.3 is 24.4 Å². The number of nitrogens with one attached hydrogen (secondary N) is 1. The summed E-state index contributed by atoms with van der Waals surface area (Å²) in [5, 5.41) is 3.31. The molecule has 1 aromatic carbocycles. The van der Waals surface area contributed by atoms with Crippen molar-refractivity contribution in [3.8, 4) is 28.5 Å². The van der Waals surface area contributed by atoms with E-state index in [-0.39, 0.29) is 17.9 Å². The molecular weight excluding hydrogens is 370 g/mol. The Bertz CT molecular complexity index is 869. The number of piperazine rings is 1. The Labute approximate surface area is 172 Å². The molecule has 2 aromatic rings. The standard InChI is InChI=1S/C22H29N3O4/c1-14(2)19-22(26)25(11-10-24-19)13-15-8-9-23-17(12-15)16-6-7-18(27-3)21(29-5)20(16)28-4/h6-9,12,14,19,24H,10-11,13H2,1-5H3/t19-/m0/s1. The van der Waals surface area contributed by atoms with Crippen molar-refractivity contribution in [3.05, 3.63) is 36.0 Å². The van der Waals surface area contributed by atoms with Gasteiger partial charge in [-0.15, -0.1) is 0 Å². The first-order chi connectivity index (χ1) is 14.0. The van der Waals surface area contributed by atoms with Crippen molar-refractivity contribution < 1.29 is 19.0 Å². The molecule has 1 saturated heterocycles. The third-order valence-corrected chi connectivity index (χ3v) is 5.17. The second kappa shape index (κ2) is 9.13. The average Bonchev–Trinajstić information content (AvgIpc) is 2.73. The van der Waals surface area contributed by atoms with Crippen LogP contribution in [-0.4, -0.2) is 56.3 Å². The number of carbonyl (C=O) groups excluding carboxylic acids is 1. The third kappa shape index (κ3) is 4.29. The van der Waals surface area contributed by atoms with Crippen LogP contribution in [0.4, 0.5) is 0 Å². The number of amides is 1. The zero-order valence-corrected chi connectivity index (χ0v) is 17.7. The van der Waals surface area contributed by atoms with E-state index in [1.807, 2.05) is 29.2 Å². The van der Waals surface area contributed by atoms with Crippen molar-refractivity contribution in [2.75, 3.05) is 34.4 Å². The molecule has 1 aliphatic rings. The summed E-state index contributed by atoms with van der Waals surface area (Å²) >= 11 is 0. The second-order valence-electron chi connectivity index (χ2n) is 7.37. The monoisotopic (exact) mass is 399 g/mol. The summed E-state index contributed by atoms with van der Waals surface area (Å²) in [4.78, 5) is 19.2. The molecule has 156 valence electrons. The van der Waals surface area contributed by atoms with E-state index in [1.54, 1.807) is 27.5 Å². The van der Waals surface area contributed by atoms with E-state index in [0.29, 0.717) is 30.3 Å². The van der Waals surface area contributed by atoms with Crippen molar-refractivity contribution in [3.63, 3.8) is 0 Å². The van der Waals surface area contributed by atoms with Crippen LogP contribution < -0.4 is 19.5 Å². The fourth-order valence-electron chi connectivity index (χ4n) is 3.67. The minimum atomic E-state index is -0.129. The first-order valence-corrected chi connectivity index (χ1v) is 9.76. The summed E-state index contributed by atoms with van der Waals surface area (Å²) in [6.45, 7) is 6.17. The van der Waals surface area contributed by atoms with Crippen molar-refractivity contribution in [1.29, 1.82) is 0 Å². The third-order valence-electron chi connectivity index (χ3n) is 5.17. The van der Waals surface area contributed by atoms with Gasteiger partial charge in [-0.3, -0.25) is 9.78 Å². The van der Waals surface area contributed by atoms with Crippen LogP contribution in [0.15, 0.2) is 30.5 Å². The van der Waals surface area contributed by atoms with Crippen LogP contribution in [0.2, 0.25) is 0 Å². The number of benzene rings is 1. The normalized spacial score (nSPS) is 16.8. The molecule has 0 aliphatic carbocycles. The van der Waals surface area contributed by atoms with Gasteiger partial charge in [0, 0.05) is 31.4 Å². The molecule has 2 heterocycles.